The van der Waals surface area contributed by atoms with E-state index in [4.69, 9.17) is 0 Å². The van der Waals surface area contributed by atoms with Crippen LogP contribution in [-0.2, 0) is 0 Å². The highest BCUT2D eigenvalue weighted by atomic mass is 32.2. The summed E-state index contributed by atoms with van der Waals surface area (Å²) in [5, 5.41) is 3.66. The Morgan fingerprint density at radius 1 is 1.50 bits per heavy atom. The number of rotatable bonds is 2. The molecule has 0 bridgehead atoms. The molecule has 0 aliphatic carbocycles. The molecule has 0 aromatic heterocycles. The normalized spacial score (nSPS) is 34.2. The highest BCUT2D eigenvalue weighted by Gasteiger charge is 2.19. The molecule has 12 heavy (non-hydrogen) atoms. The van der Waals surface area contributed by atoms with Crippen LogP contribution in [0.1, 0.15) is 27.2 Å². The predicted octanol–water partition coefficient (Wildman–Crippen LogP) is 2.37. The summed E-state index contributed by atoms with van der Waals surface area (Å²) in [6.07, 6.45) is 1.30. The van der Waals surface area contributed by atoms with E-state index >= 15 is 0 Å². The van der Waals surface area contributed by atoms with Gasteiger partial charge in [0.2, 0.25) is 0 Å². The molecule has 1 heterocycles. The third-order valence-electron chi connectivity index (χ3n) is 2.76. The van der Waals surface area contributed by atoms with Crippen molar-refractivity contribution < 1.29 is 0 Å². The van der Waals surface area contributed by atoms with E-state index in [9.17, 15) is 0 Å². The lowest BCUT2D eigenvalue weighted by Crippen LogP contribution is -2.37. The van der Waals surface area contributed by atoms with Crippen LogP contribution in [0.4, 0.5) is 0 Å². The molecule has 3 atom stereocenters. The lowest BCUT2D eigenvalue weighted by atomic mass is 10.0. The van der Waals surface area contributed by atoms with Gasteiger partial charge in [-0.3, -0.25) is 0 Å². The zero-order valence-corrected chi connectivity index (χ0v) is 9.29. The van der Waals surface area contributed by atoms with Crippen LogP contribution in [0.3, 0.4) is 0 Å². The summed E-state index contributed by atoms with van der Waals surface area (Å²) < 4.78 is 0. The van der Waals surface area contributed by atoms with Gasteiger partial charge in [0.15, 0.2) is 0 Å². The fourth-order valence-electron chi connectivity index (χ4n) is 1.52. The van der Waals surface area contributed by atoms with E-state index in [0.717, 1.165) is 17.9 Å². The molecular weight excluding hydrogens is 166 g/mol. The second kappa shape index (κ2) is 5.13. The van der Waals surface area contributed by atoms with E-state index in [2.05, 4.69) is 37.8 Å². The number of hydrogen-bond donors (Lipinski definition) is 1. The molecule has 1 N–H and O–H groups in total. The van der Waals surface area contributed by atoms with Crippen molar-refractivity contribution >= 4 is 11.8 Å². The maximum Gasteiger partial charge on any atom is 0.0183 e. The van der Waals surface area contributed by atoms with Crippen molar-refractivity contribution in [2.24, 2.45) is 11.8 Å². The molecule has 1 aliphatic heterocycles. The van der Waals surface area contributed by atoms with Gasteiger partial charge in [-0.05, 0) is 24.1 Å². The molecule has 0 aromatic rings. The van der Waals surface area contributed by atoms with Crippen LogP contribution < -0.4 is 5.32 Å². The van der Waals surface area contributed by atoms with Crippen molar-refractivity contribution in [1.29, 1.82) is 0 Å². The van der Waals surface area contributed by atoms with E-state index in [0.29, 0.717) is 0 Å². The second-order valence-electron chi connectivity index (χ2n) is 4.04. The molecule has 1 fully saturated rings. The summed E-state index contributed by atoms with van der Waals surface area (Å²) >= 11 is 2.11. The van der Waals surface area contributed by atoms with E-state index in [1.54, 1.807) is 0 Å². The van der Waals surface area contributed by atoms with Gasteiger partial charge in [-0.2, -0.15) is 11.8 Å². The number of hydrogen-bond acceptors (Lipinski definition) is 2. The zero-order valence-electron chi connectivity index (χ0n) is 8.47. The summed E-state index contributed by atoms with van der Waals surface area (Å²) in [6.45, 7) is 8.18. The Morgan fingerprint density at radius 3 is 2.92 bits per heavy atom. The van der Waals surface area contributed by atoms with Crippen LogP contribution in [0.15, 0.2) is 0 Å². The maximum atomic E-state index is 3.66. The van der Waals surface area contributed by atoms with Crippen molar-refractivity contribution in [3.05, 3.63) is 0 Å². The Morgan fingerprint density at radius 2 is 2.25 bits per heavy atom. The van der Waals surface area contributed by atoms with Crippen LogP contribution in [0.2, 0.25) is 0 Å². The van der Waals surface area contributed by atoms with Crippen LogP contribution in [0, 0.1) is 11.8 Å². The van der Waals surface area contributed by atoms with Gasteiger partial charge in [0.25, 0.3) is 0 Å². The van der Waals surface area contributed by atoms with E-state index < -0.39 is 0 Å². The molecule has 0 saturated carbocycles. The molecule has 1 nitrogen and oxygen atoms in total. The standard InChI is InChI=1S/C10H21NS/c1-4-9(3)10-7-12-6-8(2)5-11-10/h8-11H,4-7H2,1-3H3. The SMILES string of the molecule is CCC(C)C1CSCC(C)CN1. The Hall–Kier alpha value is 0.310. The highest BCUT2D eigenvalue weighted by Crippen LogP contribution is 2.19. The van der Waals surface area contributed by atoms with Crippen LogP contribution >= 0.6 is 11.8 Å². The second-order valence-corrected chi connectivity index (χ2v) is 5.12. The summed E-state index contributed by atoms with van der Waals surface area (Å²) in [5.74, 6) is 4.33. The summed E-state index contributed by atoms with van der Waals surface area (Å²) in [6, 6.07) is 0.755. The topological polar surface area (TPSA) is 12.0 Å². The minimum atomic E-state index is 0.755. The Balaban J connectivity index is 2.35. The average molecular weight is 187 g/mol. The maximum absolute atomic E-state index is 3.66. The van der Waals surface area contributed by atoms with Gasteiger partial charge in [0.05, 0.1) is 0 Å². The molecule has 1 aliphatic rings. The van der Waals surface area contributed by atoms with Gasteiger partial charge in [0, 0.05) is 11.8 Å². The largest absolute Gasteiger partial charge is 0.313 e. The van der Waals surface area contributed by atoms with Gasteiger partial charge in [0.1, 0.15) is 0 Å². The Labute approximate surface area is 80.7 Å². The third kappa shape index (κ3) is 2.98. The lowest BCUT2D eigenvalue weighted by Gasteiger charge is -2.21. The van der Waals surface area contributed by atoms with E-state index in [1.165, 1.54) is 24.5 Å². The smallest absolute Gasteiger partial charge is 0.0183 e. The molecule has 0 amide bonds. The Kier molecular flexibility index (Phi) is 4.44. The Bertz CT molecular complexity index is 127. The molecular formula is C10H21NS. The monoisotopic (exact) mass is 187 g/mol. The molecule has 0 spiro atoms. The molecule has 72 valence electrons. The fourth-order valence-corrected chi connectivity index (χ4v) is 2.87. The minimum Gasteiger partial charge on any atom is -0.313 e. The van der Waals surface area contributed by atoms with Gasteiger partial charge >= 0.3 is 0 Å². The molecule has 0 aromatic carbocycles. The molecule has 3 unspecified atom stereocenters. The van der Waals surface area contributed by atoms with Crippen molar-refractivity contribution in [2.45, 2.75) is 33.2 Å². The van der Waals surface area contributed by atoms with Crippen LogP contribution in [0.5, 0.6) is 0 Å². The first-order valence-electron chi connectivity index (χ1n) is 5.05. The first-order chi connectivity index (χ1) is 5.74. The predicted molar refractivity (Wildman–Crippen MR) is 57.7 cm³/mol. The average Bonchev–Trinajstić information content (AvgIpc) is 2.29. The van der Waals surface area contributed by atoms with Gasteiger partial charge in [-0.1, -0.05) is 27.2 Å². The summed E-state index contributed by atoms with van der Waals surface area (Å²) in [5.41, 5.74) is 0. The zero-order chi connectivity index (χ0) is 8.97. The number of nitrogens with one attached hydrogen (secondary N) is 1. The van der Waals surface area contributed by atoms with Crippen molar-refractivity contribution in [1.82, 2.24) is 5.32 Å². The van der Waals surface area contributed by atoms with Crippen LogP contribution in [0.25, 0.3) is 0 Å². The van der Waals surface area contributed by atoms with Gasteiger partial charge in [-0.15, -0.1) is 0 Å². The first kappa shape index (κ1) is 10.4. The molecule has 0 radical (unpaired) electrons. The number of thioether (sulfide) groups is 1. The van der Waals surface area contributed by atoms with Crippen molar-refractivity contribution in [3.8, 4) is 0 Å². The lowest BCUT2D eigenvalue weighted by molar-refractivity contribution is 0.384. The van der Waals surface area contributed by atoms with Gasteiger partial charge in [-0.25, -0.2) is 0 Å². The van der Waals surface area contributed by atoms with E-state index in [1.807, 2.05) is 0 Å². The van der Waals surface area contributed by atoms with Crippen molar-refractivity contribution in [3.63, 3.8) is 0 Å². The molecule has 2 heteroatoms. The van der Waals surface area contributed by atoms with E-state index in [-0.39, 0.29) is 0 Å². The van der Waals surface area contributed by atoms with Gasteiger partial charge < -0.3 is 5.32 Å². The fraction of sp³-hybridized carbons (Fsp3) is 1.00. The third-order valence-corrected chi connectivity index (χ3v) is 4.16. The van der Waals surface area contributed by atoms with Crippen molar-refractivity contribution in [2.75, 3.05) is 18.1 Å². The molecule has 1 rings (SSSR count). The molecule has 1 saturated heterocycles. The summed E-state index contributed by atoms with van der Waals surface area (Å²) in [4.78, 5) is 0. The minimum absolute atomic E-state index is 0.755. The highest BCUT2D eigenvalue weighted by molar-refractivity contribution is 7.99. The first-order valence-corrected chi connectivity index (χ1v) is 6.20. The summed E-state index contributed by atoms with van der Waals surface area (Å²) in [7, 11) is 0. The van der Waals surface area contributed by atoms with Crippen LogP contribution in [-0.4, -0.2) is 24.1 Å². The quantitative estimate of drug-likeness (QED) is 0.712.